The van der Waals surface area contributed by atoms with Gasteiger partial charge in [-0.2, -0.15) is 4.98 Å². The van der Waals surface area contributed by atoms with Gasteiger partial charge in [0, 0.05) is 24.9 Å². The van der Waals surface area contributed by atoms with Gasteiger partial charge < -0.3 is 9.84 Å². The van der Waals surface area contributed by atoms with Gasteiger partial charge in [0.15, 0.2) is 5.82 Å². The maximum absolute atomic E-state index is 5.41. The van der Waals surface area contributed by atoms with Gasteiger partial charge >= 0.3 is 0 Å². The van der Waals surface area contributed by atoms with Gasteiger partial charge in [-0.3, -0.25) is 0 Å². The summed E-state index contributed by atoms with van der Waals surface area (Å²) in [5, 5.41) is 7.69. The number of benzene rings is 1. The van der Waals surface area contributed by atoms with E-state index in [9.17, 15) is 0 Å². The van der Waals surface area contributed by atoms with Crippen LogP contribution in [0.25, 0.3) is 0 Å². The van der Waals surface area contributed by atoms with Crippen molar-refractivity contribution in [3.63, 3.8) is 0 Å². The molecule has 110 valence electrons. The SMILES string of the molecule is c1ccc2c(c1)CCC(c1noc(CCNC3CC3)n1)C2. The van der Waals surface area contributed by atoms with E-state index < -0.39 is 0 Å². The van der Waals surface area contributed by atoms with Crippen LogP contribution in [0.15, 0.2) is 28.8 Å². The molecule has 0 spiro atoms. The minimum atomic E-state index is 0.411. The molecule has 1 fully saturated rings. The Morgan fingerprint density at radius 3 is 2.86 bits per heavy atom. The fraction of sp³-hybridized carbons (Fsp3) is 0.529. The van der Waals surface area contributed by atoms with Crippen LogP contribution in [0.2, 0.25) is 0 Å². The number of nitrogens with zero attached hydrogens (tertiary/aromatic N) is 2. The van der Waals surface area contributed by atoms with Gasteiger partial charge in [-0.05, 0) is 43.2 Å². The Balaban J connectivity index is 1.39. The second-order valence-electron chi connectivity index (χ2n) is 6.23. The quantitative estimate of drug-likeness (QED) is 0.916. The first-order valence-electron chi connectivity index (χ1n) is 8.01. The molecule has 2 aromatic rings. The van der Waals surface area contributed by atoms with Crippen molar-refractivity contribution in [3.05, 3.63) is 47.1 Å². The Labute approximate surface area is 124 Å². The third-order valence-corrected chi connectivity index (χ3v) is 4.55. The van der Waals surface area contributed by atoms with E-state index in [4.69, 9.17) is 4.52 Å². The highest BCUT2D eigenvalue weighted by Crippen LogP contribution is 2.31. The number of aryl methyl sites for hydroxylation is 1. The molecule has 4 heteroatoms. The van der Waals surface area contributed by atoms with Crippen LogP contribution in [-0.2, 0) is 19.3 Å². The third-order valence-electron chi connectivity index (χ3n) is 4.55. The average Bonchev–Trinajstić information content (AvgIpc) is 3.23. The first kappa shape index (κ1) is 13.0. The summed E-state index contributed by atoms with van der Waals surface area (Å²) in [6.07, 6.45) is 6.75. The zero-order valence-corrected chi connectivity index (χ0v) is 12.2. The van der Waals surface area contributed by atoms with Crippen LogP contribution in [0.3, 0.4) is 0 Å². The molecule has 0 bridgehead atoms. The van der Waals surface area contributed by atoms with E-state index in [0.717, 1.165) is 50.0 Å². The third kappa shape index (κ3) is 3.00. The summed E-state index contributed by atoms with van der Waals surface area (Å²) >= 11 is 0. The summed E-state index contributed by atoms with van der Waals surface area (Å²) in [5.74, 6) is 2.08. The van der Waals surface area contributed by atoms with Crippen molar-refractivity contribution in [2.45, 2.75) is 50.5 Å². The zero-order valence-electron chi connectivity index (χ0n) is 12.2. The Bertz CT molecular complexity index is 618. The molecule has 21 heavy (non-hydrogen) atoms. The van der Waals surface area contributed by atoms with Crippen LogP contribution in [0, 0.1) is 0 Å². The summed E-state index contributed by atoms with van der Waals surface area (Å²) in [4.78, 5) is 4.61. The number of nitrogens with one attached hydrogen (secondary N) is 1. The molecular formula is C17H21N3O. The Morgan fingerprint density at radius 2 is 2.00 bits per heavy atom. The van der Waals surface area contributed by atoms with Gasteiger partial charge in [-0.1, -0.05) is 29.4 Å². The van der Waals surface area contributed by atoms with Crippen molar-refractivity contribution in [2.24, 2.45) is 0 Å². The molecule has 2 aliphatic rings. The molecular weight excluding hydrogens is 262 g/mol. The highest BCUT2D eigenvalue weighted by molar-refractivity contribution is 5.31. The first-order chi connectivity index (χ1) is 10.4. The highest BCUT2D eigenvalue weighted by Gasteiger charge is 2.24. The van der Waals surface area contributed by atoms with E-state index in [2.05, 4.69) is 39.7 Å². The summed E-state index contributed by atoms with van der Waals surface area (Å²) in [6.45, 7) is 0.944. The van der Waals surface area contributed by atoms with Gasteiger partial charge in [0.05, 0.1) is 0 Å². The average molecular weight is 283 g/mol. The summed E-state index contributed by atoms with van der Waals surface area (Å²) in [6, 6.07) is 9.44. The van der Waals surface area contributed by atoms with Crippen molar-refractivity contribution in [3.8, 4) is 0 Å². The lowest BCUT2D eigenvalue weighted by molar-refractivity contribution is 0.365. The fourth-order valence-electron chi connectivity index (χ4n) is 3.12. The fourth-order valence-corrected chi connectivity index (χ4v) is 3.12. The van der Waals surface area contributed by atoms with Crippen LogP contribution in [-0.4, -0.2) is 22.7 Å². The van der Waals surface area contributed by atoms with Crippen molar-refractivity contribution in [2.75, 3.05) is 6.54 Å². The first-order valence-corrected chi connectivity index (χ1v) is 8.01. The van der Waals surface area contributed by atoms with Gasteiger partial charge in [0.2, 0.25) is 5.89 Å². The maximum Gasteiger partial charge on any atom is 0.227 e. The Morgan fingerprint density at radius 1 is 1.14 bits per heavy atom. The van der Waals surface area contributed by atoms with E-state index in [0.29, 0.717) is 5.92 Å². The van der Waals surface area contributed by atoms with Gasteiger partial charge in [-0.25, -0.2) is 0 Å². The molecule has 0 amide bonds. The summed E-state index contributed by atoms with van der Waals surface area (Å²) in [7, 11) is 0. The van der Waals surface area contributed by atoms with E-state index in [1.165, 1.54) is 24.0 Å². The van der Waals surface area contributed by atoms with E-state index in [1.807, 2.05) is 0 Å². The molecule has 1 saturated carbocycles. The van der Waals surface area contributed by atoms with Crippen molar-refractivity contribution in [1.82, 2.24) is 15.5 Å². The molecule has 1 aromatic carbocycles. The predicted octanol–water partition coefficient (Wildman–Crippen LogP) is 2.64. The monoisotopic (exact) mass is 283 g/mol. The van der Waals surface area contributed by atoms with Crippen molar-refractivity contribution < 1.29 is 4.52 Å². The van der Waals surface area contributed by atoms with Gasteiger partial charge in [0.1, 0.15) is 0 Å². The number of hydrogen-bond acceptors (Lipinski definition) is 4. The number of hydrogen-bond donors (Lipinski definition) is 1. The highest BCUT2D eigenvalue weighted by atomic mass is 16.5. The maximum atomic E-state index is 5.41. The topological polar surface area (TPSA) is 51.0 Å². The lowest BCUT2D eigenvalue weighted by atomic mass is 9.83. The zero-order chi connectivity index (χ0) is 14.1. The molecule has 4 rings (SSSR count). The molecule has 4 nitrogen and oxygen atoms in total. The Hall–Kier alpha value is -1.68. The van der Waals surface area contributed by atoms with Crippen LogP contribution in [0.4, 0.5) is 0 Å². The lowest BCUT2D eigenvalue weighted by Crippen LogP contribution is -2.19. The molecule has 0 radical (unpaired) electrons. The molecule has 1 heterocycles. The molecule has 2 aliphatic carbocycles. The Kier molecular flexibility index (Phi) is 3.47. The van der Waals surface area contributed by atoms with Crippen LogP contribution in [0.5, 0.6) is 0 Å². The number of rotatable bonds is 5. The van der Waals surface area contributed by atoms with Crippen LogP contribution >= 0.6 is 0 Å². The molecule has 1 unspecified atom stereocenters. The molecule has 0 aliphatic heterocycles. The lowest BCUT2D eigenvalue weighted by Gasteiger charge is -2.21. The van der Waals surface area contributed by atoms with E-state index >= 15 is 0 Å². The standard InChI is InChI=1S/C17H21N3O/c1-2-4-13-11-14(6-5-12(13)3-1)17-19-16(21-20-17)9-10-18-15-7-8-15/h1-4,14-15,18H,5-11H2. The number of fused-ring (bicyclic) bond motifs is 1. The predicted molar refractivity (Wildman–Crippen MR) is 80.2 cm³/mol. The number of aromatic nitrogens is 2. The molecule has 0 saturated heterocycles. The van der Waals surface area contributed by atoms with Crippen molar-refractivity contribution in [1.29, 1.82) is 0 Å². The second-order valence-corrected chi connectivity index (χ2v) is 6.23. The van der Waals surface area contributed by atoms with Crippen molar-refractivity contribution >= 4 is 0 Å². The normalized spacial score (nSPS) is 21.2. The van der Waals surface area contributed by atoms with E-state index in [1.54, 1.807) is 0 Å². The van der Waals surface area contributed by atoms with Gasteiger partial charge in [-0.15, -0.1) is 0 Å². The largest absolute Gasteiger partial charge is 0.339 e. The second kappa shape index (κ2) is 5.60. The molecule has 1 N–H and O–H groups in total. The summed E-state index contributed by atoms with van der Waals surface area (Å²) < 4.78 is 5.41. The van der Waals surface area contributed by atoms with E-state index in [-0.39, 0.29) is 0 Å². The minimum Gasteiger partial charge on any atom is -0.339 e. The molecule has 1 atom stereocenters. The molecule has 1 aromatic heterocycles. The minimum absolute atomic E-state index is 0.411. The summed E-state index contributed by atoms with van der Waals surface area (Å²) in [5.41, 5.74) is 2.92. The van der Waals surface area contributed by atoms with Gasteiger partial charge in [0.25, 0.3) is 0 Å². The van der Waals surface area contributed by atoms with Crippen LogP contribution < -0.4 is 5.32 Å². The smallest absolute Gasteiger partial charge is 0.227 e. The van der Waals surface area contributed by atoms with Crippen LogP contribution in [0.1, 0.15) is 48.0 Å².